The molecular weight excluding hydrogens is 428 g/mol. The Labute approximate surface area is 179 Å². The molecular formula is C19H20N4O3S3. The Kier molecular flexibility index (Phi) is 6.02. The second kappa shape index (κ2) is 8.68. The molecule has 29 heavy (non-hydrogen) atoms. The van der Waals surface area contributed by atoms with Gasteiger partial charge in [0.2, 0.25) is 5.91 Å². The Morgan fingerprint density at radius 2 is 2.21 bits per heavy atom. The standard InChI is InChI=1S/C19H20N4O3S3/c1-23-17(25)15-12-5-2-6-13(12)29-16(15)22-19(23)28-10-14(24)21-18(26)20-8-7-11-4-3-9-27-11/h3-4,9H,2,5-8,10H2,1H3,(H2,20,21,24,26). The summed E-state index contributed by atoms with van der Waals surface area (Å²) in [4.78, 5) is 44.5. The van der Waals surface area contributed by atoms with Gasteiger partial charge in [-0.2, -0.15) is 0 Å². The van der Waals surface area contributed by atoms with Crippen molar-refractivity contribution in [3.8, 4) is 0 Å². The van der Waals surface area contributed by atoms with Crippen LogP contribution < -0.4 is 16.2 Å². The molecule has 0 spiro atoms. The predicted octanol–water partition coefficient (Wildman–Crippen LogP) is 2.71. The van der Waals surface area contributed by atoms with Crippen LogP contribution in [-0.2, 0) is 31.1 Å². The van der Waals surface area contributed by atoms with Gasteiger partial charge in [0.25, 0.3) is 5.56 Å². The van der Waals surface area contributed by atoms with Crippen LogP contribution in [0, 0.1) is 0 Å². The van der Waals surface area contributed by atoms with E-state index >= 15 is 0 Å². The van der Waals surface area contributed by atoms with E-state index in [1.165, 1.54) is 14.3 Å². The number of carbonyl (C=O) groups is 2. The fourth-order valence-electron chi connectivity index (χ4n) is 3.33. The molecule has 0 bridgehead atoms. The van der Waals surface area contributed by atoms with Crippen LogP contribution in [-0.4, -0.2) is 33.8 Å². The van der Waals surface area contributed by atoms with Crippen LogP contribution in [0.3, 0.4) is 0 Å². The summed E-state index contributed by atoms with van der Waals surface area (Å²) >= 11 is 4.36. The van der Waals surface area contributed by atoms with Crippen molar-refractivity contribution in [2.75, 3.05) is 12.3 Å². The molecule has 7 nitrogen and oxygen atoms in total. The number of amides is 3. The molecule has 0 unspecified atom stereocenters. The molecule has 0 radical (unpaired) electrons. The van der Waals surface area contributed by atoms with E-state index in [9.17, 15) is 14.4 Å². The lowest BCUT2D eigenvalue weighted by Crippen LogP contribution is -2.41. The number of urea groups is 1. The highest BCUT2D eigenvalue weighted by molar-refractivity contribution is 7.99. The first-order valence-corrected chi connectivity index (χ1v) is 11.9. The van der Waals surface area contributed by atoms with Gasteiger partial charge >= 0.3 is 6.03 Å². The van der Waals surface area contributed by atoms with E-state index < -0.39 is 11.9 Å². The molecule has 3 heterocycles. The van der Waals surface area contributed by atoms with Crippen molar-refractivity contribution < 1.29 is 9.59 Å². The molecule has 0 aliphatic heterocycles. The van der Waals surface area contributed by atoms with Gasteiger partial charge in [0.15, 0.2) is 5.16 Å². The molecule has 0 saturated heterocycles. The van der Waals surface area contributed by atoms with Crippen molar-refractivity contribution in [2.45, 2.75) is 30.8 Å². The first-order valence-electron chi connectivity index (χ1n) is 9.27. The Morgan fingerprint density at radius 3 is 3.00 bits per heavy atom. The smallest absolute Gasteiger partial charge is 0.321 e. The second-order valence-corrected chi connectivity index (χ2v) is 9.78. The van der Waals surface area contributed by atoms with E-state index in [1.54, 1.807) is 29.7 Å². The largest absolute Gasteiger partial charge is 0.337 e. The number of thiophene rings is 2. The highest BCUT2D eigenvalue weighted by Gasteiger charge is 2.22. The molecule has 3 aromatic rings. The number of thioether (sulfide) groups is 1. The van der Waals surface area contributed by atoms with Crippen LogP contribution in [0.15, 0.2) is 27.5 Å². The molecule has 10 heteroatoms. The van der Waals surface area contributed by atoms with E-state index in [0.29, 0.717) is 11.7 Å². The maximum Gasteiger partial charge on any atom is 0.321 e. The zero-order chi connectivity index (χ0) is 20.4. The normalized spacial score (nSPS) is 12.9. The van der Waals surface area contributed by atoms with E-state index in [1.807, 2.05) is 17.5 Å². The van der Waals surface area contributed by atoms with Crippen molar-refractivity contribution in [2.24, 2.45) is 7.05 Å². The quantitative estimate of drug-likeness (QED) is 0.447. The fourth-order valence-corrected chi connectivity index (χ4v) is 6.11. The van der Waals surface area contributed by atoms with Gasteiger partial charge in [0, 0.05) is 23.3 Å². The molecule has 3 amide bonds. The molecule has 0 atom stereocenters. The van der Waals surface area contributed by atoms with Gasteiger partial charge in [0.05, 0.1) is 11.1 Å². The third-order valence-corrected chi connectivity index (χ3v) is 7.88. The molecule has 4 rings (SSSR count). The minimum atomic E-state index is -0.515. The molecule has 1 aliphatic rings. The Balaban J connectivity index is 1.33. The summed E-state index contributed by atoms with van der Waals surface area (Å²) in [6.07, 6.45) is 3.76. The third kappa shape index (κ3) is 4.39. The number of nitrogens with one attached hydrogen (secondary N) is 2. The predicted molar refractivity (Wildman–Crippen MR) is 117 cm³/mol. The lowest BCUT2D eigenvalue weighted by molar-refractivity contribution is -0.117. The lowest BCUT2D eigenvalue weighted by atomic mass is 10.2. The molecule has 0 saturated carbocycles. The minimum absolute atomic E-state index is 0.00915. The van der Waals surface area contributed by atoms with Crippen molar-refractivity contribution in [3.05, 3.63) is 43.2 Å². The number of aryl methyl sites for hydroxylation is 2. The number of carbonyl (C=O) groups excluding carboxylic acids is 2. The van der Waals surface area contributed by atoms with Crippen LogP contribution >= 0.6 is 34.4 Å². The molecule has 0 aromatic carbocycles. The topological polar surface area (TPSA) is 93.1 Å². The number of imide groups is 1. The molecule has 2 N–H and O–H groups in total. The summed E-state index contributed by atoms with van der Waals surface area (Å²) in [5, 5.41) is 8.18. The zero-order valence-electron chi connectivity index (χ0n) is 15.8. The van der Waals surface area contributed by atoms with Gasteiger partial charge in [0.1, 0.15) is 4.83 Å². The molecule has 0 fully saturated rings. The van der Waals surface area contributed by atoms with E-state index in [-0.39, 0.29) is 11.3 Å². The van der Waals surface area contributed by atoms with Gasteiger partial charge in [-0.1, -0.05) is 17.8 Å². The summed E-state index contributed by atoms with van der Waals surface area (Å²) < 4.78 is 1.49. The summed E-state index contributed by atoms with van der Waals surface area (Å²) in [5.41, 5.74) is 1.08. The molecule has 152 valence electrons. The number of fused-ring (bicyclic) bond motifs is 3. The average Bonchev–Trinajstić information content (AvgIpc) is 3.40. The van der Waals surface area contributed by atoms with Crippen molar-refractivity contribution in [3.63, 3.8) is 0 Å². The number of hydrogen-bond donors (Lipinski definition) is 2. The summed E-state index contributed by atoms with van der Waals surface area (Å²) in [5.74, 6) is -0.415. The Morgan fingerprint density at radius 1 is 1.34 bits per heavy atom. The van der Waals surface area contributed by atoms with E-state index in [0.717, 1.165) is 53.2 Å². The average molecular weight is 449 g/mol. The van der Waals surface area contributed by atoms with Gasteiger partial charge < -0.3 is 5.32 Å². The summed E-state index contributed by atoms with van der Waals surface area (Å²) in [6.45, 7) is 0.461. The Bertz CT molecular complexity index is 1120. The summed E-state index contributed by atoms with van der Waals surface area (Å²) in [6, 6.07) is 3.45. The van der Waals surface area contributed by atoms with Crippen LogP contribution in [0.2, 0.25) is 0 Å². The maximum absolute atomic E-state index is 12.8. The van der Waals surface area contributed by atoms with Gasteiger partial charge in [-0.3, -0.25) is 19.5 Å². The number of rotatable bonds is 6. The first kappa shape index (κ1) is 20.1. The van der Waals surface area contributed by atoms with Gasteiger partial charge in [-0.25, -0.2) is 9.78 Å². The lowest BCUT2D eigenvalue weighted by Gasteiger charge is -2.08. The fraction of sp³-hybridized carbons (Fsp3) is 0.368. The molecule has 1 aliphatic carbocycles. The van der Waals surface area contributed by atoms with Crippen molar-refractivity contribution in [1.29, 1.82) is 0 Å². The maximum atomic E-state index is 12.8. The van der Waals surface area contributed by atoms with Crippen LogP contribution in [0.25, 0.3) is 10.2 Å². The highest BCUT2D eigenvalue weighted by atomic mass is 32.2. The van der Waals surface area contributed by atoms with Gasteiger partial charge in [-0.05, 0) is 42.7 Å². The summed E-state index contributed by atoms with van der Waals surface area (Å²) in [7, 11) is 1.67. The molecule has 3 aromatic heterocycles. The van der Waals surface area contributed by atoms with Crippen molar-refractivity contribution >= 4 is 56.6 Å². The number of aromatic nitrogens is 2. The number of nitrogens with zero attached hydrogens (tertiary/aromatic N) is 2. The second-order valence-electron chi connectivity index (χ2n) is 6.72. The number of hydrogen-bond acceptors (Lipinski definition) is 7. The van der Waals surface area contributed by atoms with Crippen LogP contribution in [0.4, 0.5) is 4.79 Å². The van der Waals surface area contributed by atoms with Crippen LogP contribution in [0.1, 0.15) is 21.7 Å². The Hall–Kier alpha value is -2.17. The zero-order valence-corrected chi connectivity index (χ0v) is 18.3. The van der Waals surface area contributed by atoms with Crippen LogP contribution in [0.5, 0.6) is 0 Å². The van der Waals surface area contributed by atoms with E-state index in [2.05, 4.69) is 15.6 Å². The first-order chi connectivity index (χ1) is 14.0. The van der Waals surface area contributed by atoms with Crippen molar-refractivity contribution in [1.82, 2.24) is 20.2 Å². The van der Waals surface area contributed by atoms with E-state index in [4.69, 9.17) is 0 Å². The third-order valence-electron chi connectivity index (χ3n) is 4.73. The highest BCUT2D eigenvalue weighted by Crippen LogP contribution is 2.35. The SMILES string of the molecule is Cn1c(SCC(=O)NC(=O)NCCc2cccs2)nc2sc3c(c2c1=O)CCC3. The monoisotopic (exact) mass is 448 g/mol. The minimum Gasteiger partial charge on any atom is -0.337 e. The van der Waals surface area contributed by atoms with Gasteiger partial charge in [-0.15, -0.1) is 22.7 Å².